The van der Waals surface area contributed by atoms with Crippen molar-refractivity contribution in [1.29, 1.82) is 0 Å². The van der Waals surface area contributed by atoms with Crippen molar-refractivity contribution < 1.29 is 23.1 Å². The van der Waals surface area contributed by atoms with Gasteiger partial charge in [-0.2, -0.15) is 4.39 Å². The molecule has 1 aromatic rings. The van der Waals surface area contributed by atoms with Crippen LogP contribution in [-0.2, 0) is 9.16 Å². The number of aromatic nitrogens is 2. The largest absolute Gasteiger partial charge is 0.408 e. The molecule has 2 rings (SSSR count). The summed E-state index contributed by atoms with van der Waals surface area (Å²) >= 11 is 5.98. The zero-order valence-electron chi connectivity index (χ0n) is 15.9. The second kappa shape index (κ2) is 7.40. The Balaban J connectivity index is 2.50. The zero-order valence-corrected chi connectivity index (χ0v) is 17.6. The lowest BCUT2D eigenvalue weighted by molar-refractivity contribution is -0.113. The maximum absolute atomic E-state index is 15.4. The lowest BCUT2D eigenvalue weighted by Gasteiger charge is -2.42. The molecule has 0 spiro atoms. The summed E-state index contributed by atoms with van der Waals surface area (Å²) < 4.78 is 41.3. The molecule has 0 amide bonds. The normalized spacial score (nSPS) is 29.3. The van der Waals surface area contributed by atoms with Crippen molar-refractivity contribution >= 4 is 19.9 Å². The summed E-state index contributed by atoms with van der Waals surface area (Å²) in [7, 11) is -2.51. The number of aliphatic hydroxyl groups is 1. The first-order valence-corrected chi connectivity index (χ1v) is 11.9. The van der Waals surface area contributed by atoms with Gasteiger partial charge in [0.15, 0.2) is 20.7 Å². The molecule has 1 aromatic heterocycles. The highest BCUT2D eigenvalue weighted by Crippen LogP contribution is 2.46. The number of nitrogens with one attached hydrogen (secondary N) is 1. The Labute approximate surface area is 161 Å². The van der Waals surface area contributed by atoms with Gasteiger partial charge in [0.25, 0.3) is 5.56 Å². The summed E-state index contributed by atoms with van der Waals surface area (Å²) in [6, 6.07) is 0. The van der Waals surface area contributed by atoms with Gasteiger partial charge in [-0.05, 0) is 18.1 Å². The second-order valence-corrected chi connectivity index (χ2v) is 13.3. The van der Waals surface area contributed by atoms with E-state index >= 15 is 4.39 Å². The molecule has 7 nitrogen and oxygen atoms in total. The first kappa shape index (κ1) is 22.2. The van der Waals surface area contributed by atoms with Crippen molar-refractivity contribution in [1.82, 2.24) is 9.55 Å². The average Bonchev–Trinajstić information content (AvgIpc) is 2.83. The monoisotopic (exact) mass is 426 g/mol. The van der Waals surface area contributed by atoms with Crippen molar-refractivity contribution in [2.75, 3.05) is 12.5 Å². The second-order valence-electron chi connectivity index (χ2n) is 8.25. The summed E-state index contributed by atoms with van der Waals surface area (Å²) in [5.74, 6) is -1.57. The lowest BCUT2D eigenvalue weighted by Crippen LogP contribution is -2.55. The van der Waals surface area contributed by atoms with Crippen LogP contribution >= 0.6 is 11.6 Å². The van der Waals surface area contributed by atoms with Crippen LogP contribution < -0.4 is 11.2 Å². The van der Waals surface area contributed by atoms with Crippen LogP contribution in [-0.4, -0.2) is 53.3 Å². The van der Waals surface area contributed by atoms with E-state index in [1.54, 1.807) is 4.98 Å². The molecular formula is C16H25ClF2N2O5Si. The number of rotatable bonds is 5. The van der Waals surface area contributed by atoms with Crippen LogP contribution in [0.2, 0.25) is 18.1 Å². The molecule has 4 atom stereocenters. The van der Waals surface area contributed by atoms with E-state index < -0.39 is 56.1 Å². The smallest absolute Gasteiger partial charge is 0.330 e. The first-order valence-electron chi connectivity index (χ1n) is 8.47. The van der Waals surface area contributed by atoms with Crippen LogP contribution in [0, 0.1) is 5.82 Å². The Kier molecular flexibility index (Phi) is 6.09. The topological polar surface area (TPSA) is 93.6 Å². The highest BCUT2D eigenvalue weighted by Gasteiger charge is 2.59. The molecule has 1 aliphatic rings. The maximum atomic E-state index is 15.4. The highest BCUT2D eigenvalue weighted by atomic mass is 35.5. The minimum absolute atomic E-state index is 0.265. The number of hydrogen-bond donors (Lipinski definition) is 2. The minimum atomic E-state index is -2.51. The molecule has 2 heterocycles. The third kappa shape index (κ3) is 3.90. The molecule has 2 N–H and O–H groups in total. The van der Waals surface area contributed by atoms with E-state index in [0.717, 1.165) is 0 Å². The van der Waals surface area contributed by atoms with Crippen molar-refractivity contribution in [3.05, 3.63) is 32.9 Å². The number of ether oxygens (including phenoxy) is 1. The number of aromatic amines is 1. The summed E-state index contributed by atoms with van der Waals surface area (Å²) in [6.45, 7) is 9.02. The van der Waals surface area contributed by atoms with Gasteiger partial charge in [0.1, 0.15) is 11.7 Å². The Morgan fingerprint density at radius 2 is 2.04 bits per heavy atom. The van der Waals surface area contributed by atoms with Gasteiger partial charge in [-0.15, -0.1) is 11.6 Å². The number of hydrogen-bond acceptors (Lipinski definition) is 5. The van der Waals surface area contributed by atoms with Gasteiger partial charge in [-0.25, -0.2) is 9.18 Å². The molecule has 27 heavy (non-hydrogen) atoms. The molecule has 0 aromatic carbocycles. The van der Waals surface area contributed by atoms with E-state index in [9.17, 15) is 19.1 Å². The fraction of sp³-hybridized carbons (Fsp3) is 0.750. The zero-order chi connectivity index (χ0) is 20.8. The molecule has 0 saturated carbocycles. The van der Waals surface area contributed by atoms with Gasteiger partial charge in [-0.3, -0.25) is 14.3 Å². The average molecular weight is 427 g/mol. The summed E-state index contributed by atoms with van der Waals surface area (Å²) in [5.41, 5.74) is -3.87. The summed E-state index contributed by atoms with van der Waals surface area (Å²) in [4.78, 5) is 25.0. The van der Waals surface area contributed by atoms with Crippen LogP contribution in [0.4, 0.5) is 8.78 Å². The molecule has 1 saturated heterocycles. The van der Waals surface area contributed by atoms with Crippen LogP contribution in [0.5, 0.6) is 0 Å². The minimum Gasteiger partial charge on any atom is -0.408 e. The fourth-order valence-electron chi connectivity index (χ4n) is 2.62. The van der Waals surface area contributed by atoms with Gasteiger partial charge in [-0.1, -0.05) is 20.8 Å². The van der Waals surface area contributed by atoms with E-state index in [0.29, 0.717) is 10.8 Å². The Morgan fingerprint density at radius 1 is 1.44 bits per heavy atom. The Hall–Kier alpha value is -1.07. The van der Waals surface area contributed by atoms with Crippen LogP contribution in [0.3, 0.4) is 0 Å². The summed E-state index contributed by atoms with van der Waals surface area (Å²) in [6.07, 6.45) is -4.23. The van der Waals surface area contributed by atoms with E-state index in [1.807, 2.05) is 33.9 Å². The van der Waals surface area contributed by atoms with E-state index in [-0.39, 0.29) is 10.9 Å². The highest BCUT2D eigenvalue weighted by molar-refractivity contribution is 6.74. The van der Waals surface area contributed by atoms with E-state index in [1.165, 1.54) is 0 Å². The number of aliphatic hydroxyl groups excluding tert-OH is 1. The van der Waals surface area contributed by atoms with Crippen LogP contribution in [0.25, 0.3) is 0 Å². The van der Waals surface area contributed by atoms with Crippen molar-refractivity contribution in [2.45, 2.75) is 63.0 Å². The Morgan fingerprint density at radius 3 is 2.52 bits per heavy atom. The van der Waals surface area contributed by atoms with Crippen molar-refractivity contribution in [3.8, 4) is 0 Å². The molecule has 0 bridgehead atoms. The predicted molar refractivity (Wildman–Crippen MR) is 98.9 cm³/mol. The Bertz CT molecular complexity index is 803. The molecule has 0 radical (unpaired) electrons. The van der Waals surface area contributed by atoms with Crippen LogP contribution in [0.15, 0.2) is 15.8 Å². The molecular weight excluding hydrogens is 402 g/mol. The maximum Gasteiger partial charge on any atom is 0.330 e. The molecule has 1 fully saturated rings. The molecule has 11 heteroatoms. The van der Waals surface area contributed by atoms with Gasteiger partial charge in [0.05, 0.1) is 18.7 Å². The molecule has 0 unspecified atom stereocenters. The van der Waals surface area contributed by atoms with Crippen molar-refractivity contribution in [2.24, 2.45) is 0 Å². The standard InChI is InChI=1S/C16H25ClF2N2O5Si/c1-15(2,3)27(4,5)26-11-10(19)13(25-16(11,7-17)8-22)21-6-9(18)12(23)20-14(21)24/h6,10-11,13,22H,7-8H2,1-5H3,(H,20,23,24)/t10-,11-,13+,16+/m0/s1. The SMILES string of the molecule is CC(C)(C)[Si](C)(C)O[C@H]1[C@H](F)[C@H](n2cc(F)c(=O)[nH]c2=O)O[C@@]1(CO)CCl. The third-order valence-electron chi connectivity index (χ3n) is 5.36. The number of nitrogens with zero attached hydrogens (tertiary/aromatic N) is 1. The molecule has 154 valence electrons. The molecule has 0 aliphatic carbocycles. The molecule has 1 aliphatic heterocycles. The van der Waals surface area contributed by atoms with Gasteiger partial charge >= 0.3 is 5.69 Å². The summed E-state index contributed by atoms with van der Waals surface area (Å²) in [5, 5.41) is 9.61. The number of alkyl halides is 2. The van der Waals surface area contributed by atoms with Gasteiger partial charge in [0.2, 0.25) is 5.82 Å². The van der Waals surface area contributed by atoms with E-state index in [4.69, 9.17) is 20.8 Å². The predicted octanol–water partition coefficient (Wildman–Crippen LogP) is 1.90. The van der Waals surface area contributed by atoms with Crippen LogP contribution in [0.1, 0.15) is 27.0 Å². The van der Waals surface area contributed by atoms with Crippen molar-refractivity contribution in [3.63, 3.8) is 0 Å². The van der Waals surface area contributed by atoms with Gasteiger partial charge in [0, 0.05) is 0 Å². The lowest BCUT2D eigenvalue weighted by atomic mass is 9.99. The fourth-order valence-corrected chi connectivity index (χ4v) is 4.25. The van der Waals surface area contributed by atoms with E-state index in [2.05, 4.69) is 0 Å². The quantitative estimate of drug-likeness (QED) is 0.554. The number of halogens is 3. The third-order valence-corrected chi connectivity index (χ3v) is 10.3. The number of H-pyrrole nitrogens is 1. The van der Waals surface area contributed by atoms with Gasteiger partial charge < -0.3 is 14.3 Å². The first-order chi connectivity index (χ1) is 12.3.